The van der Waals surface area contributed by atoms with Crippen LogP contribution in [0.3, 0.4) is 0 Å². The second kappa shape index (κ2) is 5.92. The first kappa shape index (κ1) is 14.1. The Labute approximate surface area is 136 Å². The summed E-state index contributed by atoms with van der Waals surface area (Å²) in [5.41, 5.74) is 2.99. The minimum absolute atomic E-state index is 0.214. The first-order valence-electron chi connectivity index (χ1n) is 7.34. The number of H-pyrrole nitrogens is 1. The lowest BCUT2D eigenvalue weighted by molar-refractivity contribution is 0.432. The van der Waals surface area contributed by atoms with Crippen molar-refractivity contribution in [2.24, 2.45) is 0 Å². The molecule has 0 aliphatic carbocycles. The number of nitrogens with zero attached hydrogens (tertiary/aromatic N) is 3. The number of benzene rings is 2. The summed E-state index contributed by atoms with van der Waals surface area (Å²) in [7, 11) is 0. The monoisotopic (exact) mass is 316 g/mol. The summed E-state index contributed by atoms with van der Waals surface area (Å²) in [6.07, 6.45) is 2.72. The zero-order valence-electron chi connectivity index (χ0n) is 12.5. The average molecular weight is 316 g/mol. The van der Waals surface area contributed by atoms with E-state index in [9.17, 15) is 4.79 Å². The van der Waals surface area contributed by atoms with Crippen molar-refractivity contribution in [2.45, 2.75) is 0 Å². The van der Waals surface area contributed by atoms with Crippen LogP contribution in [0.5, 0.6) is 0 Å². The molecule has 24 heavy (non-hydrogen) atoms. The van der Waals surface area contributed by atoms with E-state index in [4.69, 9.17) is 4.52 Å². The van der Waals surface area contributed by atoms with Crippen molar-refractivity contribution in [3.8, 4) is 34.0 Å². The molecule has 0 radical (unpaired) electrons. The van der Waals surface area contributed by atoms with Gasteiger partial charge in [-0.2, -0.15) is 4.98 Å². The lowest BCUT2D eigenvalue weighted by Crippen LogP contribution is -2.09. The van der Waals surface area contributed by atoms with Crippen molar-refractivity contribution in [3.05, 3.63) is 77.5 Å². The maximum atomic E-state index is 11.7. The van der Waals surface area contributed by atoms with Gasteiger partial charge in [-0.05, 0) is 23.3 Å². The highest BCUT2D eigenvalue weighted by Gasteiger charge is 2.13. The van der Waals surface area contributed by atoms with Crippen molar-refractivity contribution in [2.75, 3.05) is 0 Å². The number of aromatic amines is 1. The van der Waals surface area contributed by atoms with Gasteiger partial charge in [0.1, 0.15) is 5.56 Å². The highest BCUT2D eigenvalue weighted by atomic mass is 16.5. The smallest absolute Gasteiger partial charge is 0.261 e. The van der Waals surface area contributed by atoms with Crippen molar-refractivity contribution < 1.29 is 4.52 Å². The quantitative estimate of drug-likeness (QED) is 0.627. The number of hydrogen-bond donors (Lipinski definition) is 1. The molecule has 0 bridgehead atoms. The van der Waals surface area contributed by atoms with E-state index >= 15 is 0 Å². The minimum atomic E-state index is -0.309. The second-order valence-electron chi connectivity index (χ2n) is 5.16. The molecule has 0 amide bonds. The van der Waals surface area contributed by atoms with E-state index in [2.05, 4.69) is 32.2 Å². The van der Waals surface area contributed by atoms with Gasteiger partial charge < -0.3 is 9.51 Å². The summed E-state index contributed by atoms with van der Waals surface area (Å²) in [4.78, 5) is 22.4. The molecule has 0 fully saturated rings. The van der Waals surface area contributed by atoms with Crippen molar-refractivity contribution in [3.63, 3.8) is 0 Å². The van der Waals surface area contributed by atoms with Crippen LogP contribution in [0.4, 0.5) is 0 Å². The van der Waals surface area contributed by atoms with Crippen LogP contribution in [-0.4, -0.2) is 20.1 Å². The third-order valence-electron chi connectivity index (χ3n) is 3.62. The van der Waals surface area contributed by atoms with Crippen LogP contribution in [0.2, 0.25) is 0 Å². The first-order chi connectivity index (χ1) is 11.8. The molecule has 116 valence electrons. The maximum Gasteiger partial charge on any atom is 0.261 e. The molecule has 2 aromatic carbocycles. The van der Waals surface area contributed by atoms with Gasteiger partial charge in [-0.25, -0.2) is 4.98 Å². The summed E-state index contributed by atoms with van der Waals surface area (Å²) in [6.45, 7) is 0. The Bertz CT molecular complexity index is 1020. The Morgan fingerprint density at radius 1 is 0.875 bits per heavy atom. The fourth-order valence-corrected chi connectivity index (χ4v) is 2.39. The van der Waals surface area contributed by atoms with E-state index in [0.29, 0.717) is 5.89 Å². The lowest BCUT2D eigenvalue weighted by Gasteiger charge is -2.01. The molecule has 4 aromatic rings. The van der Waals surface area contributed by atoms with E-state index in [1.807, 2.05) is 42.5 Å². The van der Waals surface area contributed by atoms with E-state index in [1.54, 1.807) is 0 Å². The van der Waals surface area contributed by atoms with E-state index in [0.717, 1.165) is 16.7 Å². The third-order valence-corrected chi connectivity index (χ3v) is 3.62. The highest BCUT2D eigenvalue weighted by Crippen LogP contribution is 2.24. The molecule has 2 aromatic heterocycles. The molecule has 6 nitrogen and oxygen atoms in total. The van der Waals surface area contributed by atoms with Crippen molar-refractivity contribution >= 4 is 0 Å². The van der Waals surface area contributed by atoms with Crippen LogP contribution in [0, 0.1) is 0 Å². The largest absolute Gasteiger partial charge is 0.334 e. The molecule has 6 heteroatoms. The fourth-order valence-electron chi connectivity index (χ4n) is 2.39. The Morgan fingerprint density at radius 3 is 2.33 bits per heavy atom. The zero-order valence-corrected chi connectivity index (χ0v) is 12.5. The zero-order chi connectivity index (χ0) is 16.4. The number of rotatable bonds is 3. The van der Waals surface area contributed by atoms with Crippen molar-refractivity contribution in [1.82, 2.24) is 20.1 Å². The summed E-state index contributed by atoms with van der Waals surface area (Å²) in [5, 5.41) is 3.86. The third kappa shape index (κ3) is 2.61. The van der Waals surface area contributed by atoms with Gasteiger partial charge >= 0.3 is 0 Å². The predicted octanol–water partition coefficient (Wildman–Crippen LogP) is 3.15. The van der Waals surface area contributed by atoms with Gasteiger partial charge in [0, 0.05) is 11.8 Å². The number of hydrogen-bond acceptors (Lipinski definition) is 5. The summed E-state index contributed by atoms with van der Waals surface area (Å²) in [6, 6.07) is 17.9. The molecular weight excluding hydrogens is 304 g/mol. The summed E-state index contributed by atoms with van der Waals surface area (Å²) in [5.74, 6) is 0.569. The van der Waals surface area contributed by atoms with Crippen LogP contribution in [0.1, 0.15) is 0 Å². The molecular formula is C18H12N4O2. The molecule has 0 saturated heterocycles. The SMILES string of the molecule is O=c1[nH]cncc1-c1noc(-c2ccc(-c3ccccc3)cc2)n1. The van der Waals surface area contributed by atoms with Gasteiger partial charge in [0.25, 0.3) is 11.4 Å². The summed E-state index contributed by atoms with van der Waals surface area (Å²) < 4.78 is 5.26. The van der Waals surface area contributed by atoms with Crippen LogP contribution >= 0.6 is 0 Å². The normalized spacial score (nSPS) is 10.7. The van der Waals surface area contributed by atoms with Gasteiger partial charge in [-0.3, -0.25) is 4.79 Å². The highest BCUT2D eigenvalue weighted by molar-refractivity contribution is 5.67. The Balaban J connectivity index is 1.66. The lowest BCUT2D eigenvalue weighted by atomic mass is 10.0. The van der Waals surface area contributed by atoms with Gasteiger partial charge in [-0.15, -0.1) is 0 Å². The molecule has 0 aliphatic heterocycles. The van der Waals surface area contributed by atoms with E-state index < -0.39 is 0 Å². The molecule has 0 saturated carbocycles. The van der Waals surface area contributed by atoms with Crippen LogP contribution in [0.25, 0.3) is 34.0 Å². The molecule has 0 unspecified atom stereocenters. The molecule has 0 aliphatic rings. The molecule has 4 rings (SSSR count). The molecule has 1 N–H and O–H groups in total. The van der Waals surface area contributed by atoms with Gasteiger partial charge in [0.05, 0.1) is 6.33 Å². The molecule has 0 spiro atoms. The minimum Gasteiger partial charge on any atom is -0.334 e. The number of aromatic nitrogens is 4. The predicted molar refractivity (Wildman–Crippen MR) is 89.0 cm³/mol. The van der Waals surface area contributed by atoms with E-state index in [-0.39, 0.29) is 16.9 Å². The van der Waals surface area contributed by atoms with Crippen LogP contribution in [-0.2, 0) is 0 Å². The standard InChI is InChI=1S/C18H12N4O2/c23-17-15(10-19-11-20-17)16-21-18(24-22-16)14-8-6-13(7-9-14)12-4-2-1-3-5-12/h1-11H,(H,19,20,23). The van der Waals surface area contributed by atoms with Crippen molar-refractivity contribution in [1.29, 1.82) is 0 Å². The maximum absolute atomic E-state index is 11.7. The molecule has 2 heterocycles. The summed E-state index contributed by atoms with van der Waals surface area (Å²) >= 11 is 0. The molecule has 0 atom stereocenters. The van der Waals surface area contributed by atoms with Crippen LogP contribution in [0.15, 0.2) is 76.4 Å². The Hall–Kier alpha value is -3.54. The Morgan fingerprint density at radius 2 is 1.58 bits per heavy atom. The van der Waals surface area contributed by atoms with Gasteiger partial charge in [0.15, 0.2) is 0 Å². The Kier molecular flexibility index (Phi) is 3.47. The average Bonchev–Trinajstić information content (AvgIpc) is 3.13. The van der Waals surface area contributed by atoms with Gasteiger partial charge in [-0.1, -0.05) is 47.6 Å². The van der Waals surface area contributed by atoms with Crippen LogP contribution < -0.4 is 5.56 Å². The first-order valence-corrected chi connectivity index (χ1v) is 7.34. The number of nitrogens with one attached hydrogen (secondary N) is 1. The van der Waals surface area contributed by atoms with E-state index in [1.165, 1.54) is 12.5 Å². The topological polar surface area (TPSA) is 84.7 Å². The second-order valence-corrected chi connectivity index (χ2v) is 5.16. The fraction of sp³-hybridized carbons (Fsp3) is 0. The van der Waals surface area contributed by atoms with Gasteiger partial charge in [0.2, 0.25) is 5.82 Å².